The second-order valence-corrected chi connectivity index (χ2v) is 7.09. The number of carbonyl (C=O) groups excluding carboxylic acids is 1. The van der Waals surface area contributed by atoms with Crippen LogP contribution in [0.15, 0.2) is 41.1 Å². The molecule has 2 aromatic heterocycles. The zero-order chi connectivity index (χ0) is 18.0. The predicted octanol–water partition coefficient (Wildman–Crippen LogP) is 3.80. The van der Waals surface area contributed by atoms with Crippen LogP contribution in [0.5, 0.6) is 0 Å². The smallest absolute Gasteiger partial charge is 0.246 e. The summed E-state index contributed by atoms with van der Waals surface area (Å²) in [6, 6.07) is 7.64. The van der Waals surface area contributed by atoms with Crippen LogP contribution < -0.4 is 5.32 Å². The van der Waals surface area contributed by atoms with Gasteiger partial charge in [-0.25, -0.2) is 0 Å². The molecule has 130 valence electrons. The van der Waals surface area contributed by atoms with Gasteiger partial charge in [-0.2, -0.15) is 10.2 Å². The Bertz CT molecular complexity index is 900. The molecule has 0 aliphatic carbocycles. The summed E-state index contributed by atoms with van der Waals surface area (Å²) in [6.07, 6.45) is 3.40. The molecule has 3 aromatic rings. The molecule has 0 saturated carbocycles. The number of halogens is 2. The van der Waals surface area contributed by atoms with E-state index in [9.17, 15) is 4.79 Å². The molecule has 1 N–H and O–H groups in total. The fraction of sp³-hybridized carbons (Fsp3) is 0.235. The summed E-state index contributed by atoms with van der Waals surface area (Å²) >= 11 is 9.24. The molecular formula is C17H17BrClN5O. The maximum Gasteiger partial charge on any atom is 0.246 e. The molecule has 0 radical (unpaired) electrons. The van der Waals surface area contributed by atoms with Crippen molar-refractivity contribution in [3.63, 3.8) is 0 Å². The lowest BCUT2D eigenvalue weighted by Crippen LogP contribution is -2.19. The number of nitrogens with one attached hydrogen (secondary N) is 1. The van der Waals surface area contributed by atoms with Gasteiger partial charge in [0.15, 0.2) is 0 Å². The molecule has 0 bridgehead atoms. The molecule has 0 fully saturated rings. The lowest BCUT2D eigenvalue weighted by Gasteiger charge is -2.07. The van der Waals surface area contributed by atoms with Gasteiger partial charge in [-0.1, -0.05) is 23.7 Å². The minimum Gasteiger partial charge on any atom is -0.321 e. The minimum atomic E-state index is -0.146. The monoisotopic (exact) mass is 421 g/mol. The van der Waals surface area contributed by atoms with E-state index in [0.29, 0.717) is 11.6 Å². The van der Waals surface area contributed by atoms with E-state index in [1.165, 1.54) is 0 Å². The van der Waals surface area contributed by atoms with Gasteiger partial charge in [0.1, 0.15) is 6.54 Å². The molecule has 6 nitrogen and oxygen atoms in total. The highest BCUT2D eigenvalue weighted by atomic mass is 79.9. The third-order valence-electron chi connectivity index (χ3n) is 3.80. The highest BCUT2D eigenvalue weighted by Gasteiger charge is 2.15. The molecular weight excluding hydrogens is 406 g/mol. The SMILES string of the molecule is Cc1nn(Cc2ccc(Cl)cc2)c(C)c1NC(=O)Cn1cc(Br)cn1. The predicted molar refractivity (Wildman–Crippen MR) is 101 cm³/mol. The molecule has 8 heteroatoms. The van der Waals surface area contributed by atoms with Crippen molar-refractivity contribution in [3.05, 3.63) is 63.1 Å². The number of amides is 1. The number of carbonyl (C=O) groups is 1. The number of rotatable bonds is 5. The van der Waals surface area contributed by atoms with Crippen LogP contribution >= 0.6 is 27.5 Å². The summed E-state index contributed by atoms with van der Waals surface area (Å²) in [4.78, 5) is 12.3. The lowest BCUT2D eigenvalue weighted by molar-refractivity contribution is -0.116. The number of benzene rings is 1. The van der Waals surface area contributed by atoms with Crippen LogP contribution in [0.4, 0.5) is 5.69 Å². The fourth-order valence-electron chi connectivity index (χ4n) is 2.55. The molecule has 0 saturated heterocycles. The number of aromatic nitrogens is 4. The van der Waals surface area contributed by atoms with Crippen LogP contribution in [0.3, 0.4) is 0 Å². The number of nitrogens with zero attached hydrogens (tertiary/aromatic N) is 4. The van der Waals surface area contributed by atoms with Gasteiger partial charge in [-0.05, 0) is 47.5 Å². The summed E-state index contributed by atoms with van der Waals surface area (Å²) in [6.45, 7) is 4.58. The molecule has 0 aliphatic rings. The standard InChI is InChI=1S/C17H17BrClN5O/c1-11-17(21-16(25)10-23-9-14(18)7-20-23)12(2)24(22-11)8-13-3-5-15(19)6-4-13/h3-7,9H,8,10H2,1-2H3,(H,21,25). The molecule has 1 aromatic carbocycles. The van der Waals surface area contributed by atoms with E-state index in [1.54, 1.807) is 17.1 Å². The van der Waals surface area contributed by atoms with Gasteiger partial charge in [-0.15, -0.1) is 0 Å². The number of hydrogen-bond donors (Lipinski definition) is 1. The number of anilines is 1. The summed E-state index contributed by atoms with van der Waals surface area (Å²) in [7, 11) is 0. The minimum absolute atomic E-state index is 0.146. The summed E-state index contributed by atoms with van der Waals surface area (Å²) in [5, 5.41) is 12.3. The van der Waals surface area contributed by atoms with E-state index in [0.717, 1.165) is 27.1 Å². The molecule has 3 rings (SSSR count). The zero-order valence-corrected chi connectivity index (χ0v) is 16.2. The first-order valence-electron chi connectivity index (χ1n) is 7.68. The molecule has 1 amide bonds. The van der Waals surface area contributed by atoms with E-state index in [4.69, 9.17) is 11.6 Å². The second-order valence-electron chi connectivity index (χ2n) is 5.73. The molecule has 0 spiro atoms. The quantitative estimate of drug-likeness (QED) is 0.680. The number of aryl methyl sites for hydroxylation is 1. The first-order valence-corrected chi connectivity index (χ1v) is 8.85. The average Bonchev–Trinajstić information content (AvgIpc) is 3.08. The van der Waals surface area contributed by atoms with E-state index < -0.39 is 0 Å². The summed E-state index contributed by atoms with van der Waals surface area (Å²) in [5.41, 5.74) is 3.52. The van der Waals surface area contributed by atoms with Crippen LogP contribution in [0.1, 0.15) is 17.0 Å². The Morgan fingerprint density at radius 2 is 2.00 bits per heavy atom. The van der Waals surface area contributed by atoms with E-state index >= 15 is 0 Å². The van der Waals surface area contributed by atoms with Crippen molar-refractivity contribution in [1.82, 2.24) is 19.6 Å². The van der Waals surface area contributed by atoms with E-state index in [2.05, 4.69) is 31.4 Å². The third-order valence-corrected chi connectivity index (χ3v) is 4.46. The molecule has 25 heavy (non-hydrogen) atoms. The highest BCUT2D eigenvalue weighted by molar-refractivity contribution is 9.10. The Kier molecular flexibility index (Phi) is 5.24. The van der Waals surface area contributed by atoms with Gasteiger partial charge in [-0.3, -0.25) is 14.2 Å². The second kappa shape index (κ2) is 7.41. The Hall–Kier alpha value is -2.12. The van der Waals surface area contributed by atoms with Gasteiger partial charge >= 0.3 is 0 Å². The summed E-state index contributed by atoms with van der Waals surface area (Å²) in [5.74, 6) is -0.146. The van der Waals surface area contributed by atoms with Crippen LogP contribution in [0.25, 0.3) is 0 Å². The van der Waals surface area contributed by atoms with Crippen molar-refractivity contribution in [1.29, 1.82) is 0 Å². The summed E-state index contributed by atoms with van der Waals surface area (Å²) < 4.78 is 4.28. The molecule has 0 aliphatic heterocycles. The fourth-order valence-corrected chi connectivity index (χ4v) is 3.00. The van der Waals surface area contributed by atoms with Crippen LogP contribution in [0.2, 0.25) is 5.02 Å². The Balaban J connectivity index is 1.72. The molecule has 0 atom stereocenters. The molecule has 2 heterocycles. The first kappa shape index (κ1) is 17.7. The van der Waals surface area contributed by atoms with Gasteiger partial charge in [0, 0.05) is 11.2 Å². The van der Waals surface area contributed by atoms with Gasteiger partial charge in [0.2, 0.25) is 5.91 Å². The van der Waals surface area contributed by atoms with Crippen LogP contribution in [0, 0.1) is 13.8 Å². The van der Waals surface area contributed by atoms with Gasteiger partial charge in [0.25, 0.3) is 0 Å². The molecule has 0 unspecified atom stereocenters. The maximum atomic E-state index is 12.3. The van der Waals surface area contributed by atoms with Crippen molar-refractivity contribution in [2.45, 2.75) is 26.9 Å². The van der Waals surface area contributed by atoms with E-state index in [-0.39, 0.29) is 12.5 Å². The maximum absolute atomic E-state index is 12.3. The van der Waals surface area contributed by atoms with Crippen molar-refractivity contribution in [2.75, 3.05) is 5.32 Å². The normalized spacial score (nSPS) is 10.9. The Morgan fingerprint density at radius 3 is 2.64 bits per heavy atom. The van der Waals surface area contributed by atoms with Crippen molar-refractivity contribution >= 4 is 39.1 Å². The van der Waals surface area contributed by atoms with E-state index in [1.807, 2.05) is 42.8 Å². The van der Waals surface area contributed by atoms with Gasteiger partial charge < -0.3 is 5.32 Å². The Morgan fingerprint density at radius 1 is 1.28 bits per heavy atom. The van der Waals surface area contributed by atoms with Crippen molar-refractivity contribution in [3.8, 4) is 0 Å². The largest absolute Gasteiger partial charge is 0.321 e. The van der Waals surface area contributed by atoms with Crippen molar-refractivity contribution in [2.24, 2.45) is 0 Å². The van der Waals surface area contributed by atoms with Crippen molar-refractivity contribution < 1.29 is 4.79 Å². The average molecular weight is 423 g/mol. The van der Waals surface area contributed by atoms with Crippen LogP contribution in [-0.4, -0.2) is 25.5 Å². The van der Waals surface area contributed by atoms with Gasteiger partial charge in [0.05, 0.1) is 34.3 Å². The topological polar surface area (TPSA) is 64.7 Å². The zero-order valence-electron chi connectivity index (χ0n) is 13.8. The lowest BCUT2D eigenvalue weighted by atomic mass is 10.2. The van der Waals surface area contributed by atoms with Crippen LogP contribution in [-0.2, 0) is 17.9 Å². The third kappa shape index (κ3) is 4.29. The number of hydrogen-bond acceptors (Lipinski definition) is 3. The highest BCUT2D eigenvalue weighted by Crippen LogP contribution is 2.21. The Labute approximate surface area is 158 Å². The first-order chi connectivity index (χ1) is 11.9.